The molecular weight excluding hydrogens is 462 g/mol. The number of amides is 1. The smallest absolute Gasteiger partial charge is 0.243 e. The highest BCUT2D eigenvalue weighted by Gasteiger charge is 2.29. The molecule has 10 heteroatoms. The molecular formula is C23H29N3O5S2. The number of hydrogen-bond acceptors (Lipinski definition) is 7. The number of carbonyl (C=O) groups excluding carboxylic acids is 1. The lowest BCUT2D eigenvalue weighted by Crippen LogP contribution is -2.48. The molecule has 178 valence electrons. The normalized spacial score (nSPS) is 16.8. The highest BCUT2D eigenvalue weighted by atomic mass is 32.2. The molecule has 4 rings (SSSR count). The van der Waals surface area contributed by atoms with Gasteiger partial charge in [0.25, 0.3) is 0 Å². The molecule has 2 aromatic rings. The van der Waals surface area contributed by atoms with Gasteiger partial charge in [0.05, 0.1) is 10.6 Å². The molecule has 0 saturated carbocycles. The summed E-state index contributed by atoms with van der Waals surface area (Å²) >= 11 is 1.47. The minimum Gasteiger partial charge on any atom is -0.454 e. The molecule has 0 aliphatic carbocycles. The average Bonchev–Trinajstić information content (AvgIpc) is 3.27. The maximum atomic E-state index is 13.3. The Balaban J connectivity index is 1.42. The van der Waals surface area contributed by atoms with Crippen molar-refractivity contribution >= 4 is 33.4 Å². The lowest BCUT2D eigenvalue weighted by atomic mass is 10.2. The van der Waals surface area contributed by atoms with Crippen molar-refractivity contribution in [2.45, 2.75) is 30.2 Å². The Morgan fingerprint density at radius 2 is 1.79 bits per heavy atom. The number of sulfonamides is 1. The van der Waals surface area contributed by atoms with Gasteiger partial charge in [0.1, 0.15) is 0 Å². The van der Waals surface area contributed by atoms with E-state index in [1.54, 1.807) is 32.0 Å². The van der Waals surface area contributed by atoms with Gasteiger partial charge in [0.2, 0.25) is 22.7 Å². The van der Waals surface area contributed by atoms with E-state index in [1.165, 1.54) is 16.1 Å². The molecule has 0 radical (unpaired) electrons. The average molecular weight is 492 g/mol. The fourth-order valence-corrected chi connectivity index (χ4v) is 5.78. The maximum Gasteiger partial charge on any atom is 0.243 e. The number of piperazine rings is 1. The predicted octanol–water partition coefficient (Wildman–Crippen LogP) is 3.24. The van der Waals surface area contributed by atoms with Gasteiger partial charge in [-0.05, 0) is 42.2 Å². The molecule has 1 N–H and O–H groups in total. The summed E-state index contributed by atoms with van der Waals surface area (Å²) in [5, 5.41) is 2.86. The number of fused-ring (bicyclic) bond motifs is 1. The Hall–Kier alpha value is -2.27. The van der Waals surface area contributed by atoms with Crippen molar-refractivity contribution in [1.29, 1.82) is 0 Å². The van der Waals surface area contributed by atoms with E-state index in [9.17, 15) is 13.2 Å². The van der Waals surface area contributed by atoms with Crippen LogP contribution >= 0.6 is 11.8 Å². The van der Waals surface area contributed by atoms with Gasteiger partial charge >= 0.3 is 0 Å². The highest BCUT2D eigenvalue weighted by Crippen LogP contribution is 2.33. The first-order valence-corrected chi connectivity index (χ1v) is 13.5. The monoisotopic (exact) mass is 491 g/mol. The summed E-state index contributed by atoms with van der Waals surface area (Å²) in [6, 6.07) is 10.8. The number of nitrogens with one attached hydrogen (secondary N) is 1. The molecule has 0 aromatic heterocycles. The molecule has 2 aromatic carbocycles. The molecule has 1 fully saturated rings. The van der Waals surface area contributed by atoms with Crippen molar-refractivity contribution in [3.05, 3.63) is 42.0 Å². The van der Waals surface area contributed by atoms with Gasteiger partial charge in [-0.15, -0.1) is 11.8 Å². The molecule has 2 aliphatic rings. The number of hydrogen-bond donors (Lipinski definition) is 1. The second-order valence-electron chi connectivity index (χ2n) is 8.37. The van der Waals surface area contributed by atoms with Crippen molar-refractivity contribution in [1.82, 2.24) is 9.21 Å². The lowest BCUT2D eigenvalue weighted by molar-refractivity contribution is -0.118. The maximum absolute atomic E-state index is 13.3. The van der Waals surface area contributed by atoms with Crippen LogP contribution in [0.15, 0.2) is 46.2 Å². The fraction of sp³-hybridized carbons (Fsp3) is 0.435. The highest BCUT2D eigenvalue weighted by molar-refractivity contribution is 7.98. The number of thioether (sulfide) groups is 1. The Bertz CT molecular complexity index is 1130. The molecule has 0 unspecified atom stereocenters. The van der Waals surface area contributed by atoms with Gasteiger partial charge in [0, 0.05) is 43.5 Å². The molecule has 1 amide bonds. The summed E-state index contributed by atoms with van der Waals surface area (Å²) < 4.78 is 38.9. The summed E-state index contributed by atoms with van der Waals surface area (Å²) in [6.45, 7) is 6.65. The molecule has 2 aliphatic heterocycles. The minimum absolute atomic E-state index is 0.142. The number of rotatable bonds is 7. The Morgan fingerprint density at radius 1 is 1.06 bits per heavy atom. The van der Waals surface area contributed by atoms with Crippen LogP contribution in [0.25, 0.3) is 0 Å². The van der Waals surface area contributed by atoms with Crippen LogP contribution in [0.1, 0.15) is 19.4 Å². The van der Waals surface area contributed by atoms with E-state index in [0.29, 0.717) is 31.9 Å². The number of benzene rings is 2. The quantitative estimate of drug-likeness (QED) is 0.595. The van der Waals surface area contributed by atoms with Crippen LogP contribution in [0.4, 0.5) is 5.69 Å². The molecule has 1 saturated heterocycles. The summed E-state index contributed by atoms with van der Waals surface area (Å²) in [4.78, 5) is 15.4. The SMILES string of the molecule is CSc1ccc(S(=O)(=O)N2CCN(Cc3ccc4c(c3)OCO4)CC2)cc1NC(=O)C(C)C. The van der Waals surface area contributed by atoms with Gasteiger partial charge < -0.3 is 14.8 Å². The summed E-state index contributed by atoms with van der Waals surface area (Å²) in [5.41, 5.74) is 1.64. The van der Waals surface area contributed by atoms with Gasteiger partial charge in [0.15, 0.2) is 11.5 Å². The van der Waals surface area contributed by atoms with Gasteiger partial charge in [-0.3, -0.25) is 9.69 Å². The number of carbonyl (C=O) groups is 1. The summed E-state index contributed by atoms with van der Waals surface area (Å²) in [5.74, 6) is 1.17. The molecule has 8 nitrogen and oxygen atoms in total. The molecule has 0 bridgehead atoms. The van der Waals surface area contributed by atoms with E-state index in [2.05, 4.69) is 10.2 Å². The lowest BCUT2D eigenvalue weighted by Gasteiger charge is -2.34. The standard InChI is InChI=1S/C23H29N3O5S2/c1-16(2)23(27)24-19-13-18(5-7-22(19)32-3)33(28,29)26-10-8-25(9-11-26)14-17-4-6-20-21(12-17)31-15-30-20/h4-7,12-13,16H,8-11,14-15H2,1-3H3,(H,24,27). The molecule has 0 atom stereocenters. The topological polar surface area (TPSA) is 88.2 Å². The zero-order valence-electron chi connectivity index (χ0n) is 19.0. The van der Waals surface area contributed by atoms with Crippen LogP contribution in [-0.4, -0.2) is 62.8 Å². The third-order valence-corrected chi connectivity index (χ3v) is 8.46. The van der Waals surface area contributed by atoms with Crippen molar-refractivity contribution < 1.29 is 22.7 Å². The second-order valence-corrected chi connectivity index (χ2v) is 11.2. The second kappa shape index (κ2) is 9.92. The number of anilines is 1. The van der Waals surface area contributed by atoms with Crippen LogP contribution in [0.2, 0.25) is 0 Å². The van der Waals surface area contributed by atoms with Crippen LogP contribution in [-0.2, 0) is 21.4 Å². The number of nitrogens with zero attached hydrogens (tertiary/aromatic N) is 2. The van der Waals surface area contributed by atoms with Gasteiger partial charge in [-0.25, -0.2) is 8.42 Å². The molecule has 2 heterocycles. The van der Waals surface area contributed by atoms with Crippen LogP contribution in [0.3, 0.4) is 0 Å². The first kappa shape index (κ1) is 23.9. The van der Waals surface area contributed by atoms with Crippen molar-refractivity contribution in [3.8, 4) is 11.5 Å². The zero-order chi connectivity index (χ0) is 23.6. The predicted molar refractivity (Wildman–Crippen MR) is 128 cm³/mol. The van der Waals surface area contributed by atoms with Gasteiger partial charge in [-0.1, -0.05) is 19.9 Å². The first-order chi connectivity index (χ1) is 15.8. The number of ether oxygens (including phenoxy) is 2. The molecule has 33 heavy (non-hydrogen) atoms. The van der Waals surface area contributed by atoms with Crippen molar-refractivity contribution in [2.24, 2.45) is 5.92 Å². The summed E-state index contributed by atoms with van der Waals surface area (Å²) in [7, 11) is -3.66. The van der Waals surface area contributed by atoms with E-state index < -0.39 is 10.0 Å². The Kier molecular flexibility index (Phi) is 7.18. The Labute approximate surface area is 199 Å². The van der Waals surface area contributed by atoms with Crippen molar-refractivity contribution in [2.75, 3.05) is 44.5 Å². The minimum atomic E-state index is -3.66. The van der Waals surface area contributed by atoms with E-state index in [0.717, 1.165) is 28.5 Å². The fourth-order valence-electron chi connectivity index (χ4n) is 3.80. The van der Waals surface area contributed by atoms with E-state index in [4.69, 9.17) is 9.47 Å². The van der Waals surface area contributed by atoms with Crippen LogP contribution < -0.4 is 14.8 Å². The van der Waals surface area contributed by atoms with E-state index >= 15 is 0 Å². The summed E-state index contributed by atoms with van der Waals surface area (Å²) in [6.07, 6.45) is 1.90. The molecule has 0 spiro atoms. The zero-order valence-corrected chi connectivity index (χ0v) is 20.7. The van der Waals surface area contributed by atoms with Crippen LogP contribution in [0.5, 0.6) is 11.5 Å². The Morgan fingerprint density at radius 3 is 2.48 bits per heavy atom. The third kappa shape index (κ3) is 5.29. The van der Waals surface area contributed by atoms with Gasteiger partial charge in [-0.2, -0.15) is 4.31 Å². The van der Waals surface area contributed by atoms with Crippen molar-refractivity contribution in [3.63, 3.8) is 0 Å². The first-order valence-electron chi connectivity index (χ1n) is 10.9. The van der Waals surface area contributed by atoms with E-state index in [-0.39, 0.29) is 23.5 Å². The van der Waals surface area contributed by atoms with Crippen LogP contribution in [0, 0.1) is 5.92 Å². The largest absolute Gasteiger partial charge is 0.454 e. The van der Waals surface area contributed by atoms with E-state index in [1.807, 2.05) is 24.5 Å². The third-order valence-electron chi connectivity index (χ3n) is 5.77.